The van der Waals surface area contributed by atoms with E-state index in [1.807, 2.05) is 36.9 Å². The third kappa shape index (κ3) is 4.64. The van der Waals surface area contributed by atoms with Gasteiger partial charge in [0.1, 0.15) is 5.52 Å². The normalized spacial score (nSPS) is 12.3. The second kappa shape index (κ2) is 7.58. The largest absolute Gasteiger partial charge is 0.478 e. The Morgan fingerprint density at radius 3 is 2.52 bits per heavy atom. The Hall–Kier alpha value is -3.20. The van der Waals surface area contributed by atoms with Gasteiger partial charge in [-0.3, -0.25) is 4.68 Å². The van der Waals surface area contributed by atoms with Gasteiger partial charge in [-0.1, -0.05) is 0 Å². The molecule has 1 aromatic carbocycles. The van der Waals surface area contributed by atoms with Gasteiger partial charge in [-0.2, -0.15) is 5.10 Å². The van der Waals surface area contributed by atoms with Crippen molar-refractivity contribution >= 4 is 33.9 Å². The summed E-state index contributed by atoms with van der Waals surface area (Å²) < 4.78 is 7.42. The van der Waals surface area contributed by atoms with E-state index in [1.54, 1.807) is 0 Å². The van der Waals surface area contributed by atoms with Gasteiger partial charge in [0, 0.05) is 30.5 Å². The molecule has 2 heterocycles. The highest BCUT2D eigenvalue weighted by atomic mass is 16.4. The zero-order valence-corrected chi connectivity index (χ0v) is 13.7. The summed E-state index contributed by atoms with van der Waals surface area (Å²) in [4.78, 5) is 23.5. The molecule has 0 unspecified atom stereocenters. The van der Waals surface area contributed by atoms with E-state index in [9.17, 15) is 9.59 Å². The van der Waals surface area contributed by atoms with Crippen LogP contribution in [0, 0.1) is 6.92 Å². The number of carboxylic acid groups (broad SMARTS) is 2. The summed E-state index contributed by atoms with van der Waals surface area (Å²) in [5.74, 6) is -1.85. The fraction of sp³-hybridized carbons (Fsp3) is 0.250. The maximum absolute atomic E-state index is 9.55. The van der Waals surface area contributed by atoms with Gasteiger partial charge in [-0.05, 0) is 19.1 Å². The third-order valence-electron chi connectivity index (χ3n) is 3.10. The second-order valence-electron chi connectivity index (χ2n) is 5.40. The maximum Gasteiger partial charge on any atom is 0.328 e. The van der Waals surface area contributed by atoms with Crippen molar-refractivity contribution in [3.8, 4) is 0 Å². The van der Waals surface area contributed by atoms with Crippen LogP contribution in [0.25, 0.3) is 22.0 Å². The first-order chi connectivity index (χ1) is 11.8. The number of nitrogens with zero attached hydrogens (tertiary/aromatic N) is 3. The highest BCUT2D eigenvalue weighted by molar-refractivity contribution is 6.00. The van der Waals surface area contributed by atoms with E-state index in [-0.39, 0.29) is 6.04 Å². The van der Waals surface area contributed by atoms with Crippen LogP contribution in [0.2, 0.25) is 0 Å². The molecule has 1 atom stereocenters. The summed E-state index contributed by atoms with van der Waals surface area (Å²) in [6, 6.07) is 3.98. The molecule has 0 aliphatic heterocycles. The zero-order valence-electron chi connectivity index (χ0n) is 13.7. The van der Waals surface area contributed by atoms with Gasteiger partial charge in [0.05, 0.1) is 18.3 Å². The SMILES string of the molecule is Cc1nc2c(ccc3cnn(C[C@H](C)N)c32)o1.O=C(O)/C=C/C(=O)O. The number of oxazole rings is 1. The minimum absolute atomic E-state index is 0.0568. The standard InChI is InChI=1S/C12H14N4O.C4H4O4/c1-7(13)6-16-12-9(5-14-16)3-4-10-11(12)15-8(2)17-10;5-3(6)1-2-4(7)8/h3-5,7H,6,13H2,1-2H3;1-2H,(H,5,6)(H,7,8)/b;2-1+/t7-;/m0./s1. The van der Waals surface area contributed by atoms with E-state index in [4.69, 9.17) is 20.4 Å². The Bertz CT molecular complexity index is 923. The van der Waals surface area contributed by atoms with Crippen LogP contribution in [0.4, 0.5) is 0 Å². The number of fused-ring (bicyclic) bond motifs is 3. The summed E-state index contributed by atoms with van der Waals surface area (Å²) in [6.07, 6.45) is 2.95. The van der Waals surface area contributed by atoms with Crippen molar-refractivity contribution in [3.05, 3.63) is 36.4 Å². The monoisotopic (exact) mass is 346 g/mol. The molecule has 4 N–H and O–H groups in total. The van der Waals surface area contributed by atoms with Crippen molar-refractivity contribution in [2.75, 3.05) is 0 Å². The fourth-order valence-corrected chi connectivity index (χ4v) is 2.23. The number of hydrogen-bond acceptors (Lipinski definition) is 6. The highest BCUT2D eigenvalue weighted by Gasteiger charge is 2.12. The number of benzene rings is 1. The Labute approximate surface area is 142 Å². The van der Waals surface area contributed by atoms with Crippen LogP contribution in [-0.4, -0.2) is 43.0 Å². The average molecular weight is 346 g/mol. The molecule has 132 valence electrons. The molecule has 0 saturated heterocycles. The lowest BCUT2D eigenvalue weighted by atomic mass is 10.2. The Balaban J connectivity index is 0.000000242. The van der Waals surface area contributed by atoms with Gasteiger partial charge in [-0.15, -0.1) is 0 Å². The van der Waals surface area contributed by atoms with E-state index in [0.29, 0.717) is 24.6 Å². The lowest BCUT2D eigenvalue weighted by molar-refractivity contribution is -0.134. The van der Waals surface area contributed by atoms with Crippen LogP contribution >= 0.6 is 0 Å². The highest BCUT2D eigenvalue weighted by Crippen LogP contribution is 2.25. The van der Waals surface area contributed by atoms with E-state index in [1.165, 1.54) is 0 Å². The van der Waals surface area contributed by atoms with Gasteiger partial charge in [0.15, 0.2) is 11.5 Å². The molecule has 0 saturated carbocycles. The van der Waals surface area contributed by atoms with Crippen molar-refractivity contribution in [1.29, 1.82) is 0 Å². The van der Waals surface area contributed by atoms with E-state index >= 15 is 0 Å². The molecule has 0 aliphatic carbocycles. The molecule has 9 heteroatoms. The maximum atomic E-state index is 9.55. The number of aliphatic carboxylic acids is 2. The first-order valence-electron chi connectivity index (χ1n) is 7.39. The molecule has 3 rings (SSSR count). The molecule has 0 radical (unpaired) electrons. The smallest absolute Gasteiger partial charge is 0.328 e. The fourth-order valence-electron chi connectivity index (χ4n) is 2.23. The number of carbonyl (C=O) groups is 2. The lowest BCUT2D eigenvalue weighted by Crippen LogP contribution is -2.22. The Morgan fingerprint density at radius 2 is 1.96 bits per heavy atom. The molecule has 0 amide bonds. The van der Waals surface area contributed by atoms with Crippen LogP contribution in [0.15, 0.2) is 34.9 Å². The number of nitrogens with two attached hydrogens (primary N) is 1. The number of rotatable bonds is 4. The number of aryl methyl sites for hydroxylation is 1. The number of carboxylic acids is 2. The molecular formula is C16H18N4O5. The summed E-state index contributed by atoms with van der Waals surface area (Å²) in [5.41, 5.74) is 8.47. The molecule has 0 bridgehead atoms. The summed E-state index contributed by atoms with van der Waals surface area (Å²) in [6.45, 7) is 4.48. The predicted molar refractivity (Wildman–Crippen MR) is 90.1 cm³/mol. The van der Waals surface area contributed by atoms with Gasteiger partial charge >= 0.3 is 11.9 Å². The number of hydrogen-bond donors (Lipinski definition) is 3. The predicted octanol–water partition coefficient (Wildman–Crippen LogP) is 1.54. The number of aromatic nitrogens is 3. The minimum atomic E-state index is -1.26. The van der Waals surface area contributed by atoms with Crippen molar-refractivity contribution in [2.24, 2.45) is 5.73 Å². The van der Waals surface area contributed by atoms with Crippen LogP contribution in [-0.2, 0) is 16.1 Å². The van der Waals surface area contributed by atoms with E-state index in [2.05, 4.69) is 10.1 Å². The third-order valence-corrected chi connectivity index (χ3v) is 3.10. The van der Waals surface area contributed by atoms with Crippen LogP contribution in [0.1, 0.15) is 12.8 Å². The Kier molecular flexibility index (Phi) is 5.50. The van der Waals surface area contributed by atoms with Crippen molar-refractivity contribution in [1.82, 2.24) is 14.8 Å². The van der Waals surface area contributed by atoms with Crippen LogP contribution in [0.3, 0.4) is 0 Å². The topological polar surface area (TPSA) is 144 Å². The molecular weight excluding hydrogens is 328 g/mol. The van der Waals surface area contributed by atoms with Gasteiger partial charge < -0.3 is 20.4 Å². The molecule has 2 aromatic heterocycles. The summed E-state index contributed by atoms with van der Waals surface area (Å²) in [5, 5.41) is 21.0. The van der Waals surface area contributed by atoms with Crippen LogP contribution < -0.4 is 5.73 Å². The Morgan fingerprint density at radius 1 is 1.32 bits per heavy atom. The first kappa shape index (κ1) is 18.1. The van der Waals surface area contributed by atoms with Crippen molar-refractivity contribution in [2.45, 2.75) is 26.4 Å². The molecule has 0 fully saturated rings. The average Bonchev–Trinajstić information content (AvgIpc) is 3.07. The zero-order chi connectivity index (χ0) is 18.6. The quantitative estimate of drug-likeness (QED) is 0.603. The van der Waals surface area contributed by atoms with E-state index in [0.717, 1.165) is 22.0 Å². The lowest BCUT2D eigenvalue weighted by Gasteiger charge is -2.06. The van der Waals surface area contributed by atoms with E-state index < -0.39 is 11.9 Å². The summed E-state index contributed by atoms with van der Waals surface area (Å²) >= 11 is 0. The molecule has 25 heavy (non-hydrogen) atoms. The van der Waals surface area contributed by atoms with Crippen LogP contribution in [0.5, 0.6) is 0 Å². The molecule has 9 nitrogen and oxygen atoms in total. The molecule has 0 aliphatic rings. The molecule has 0 spiro atoms. The first-order valence-corrected chi connectivity index (χ1v) is 7.39. The minimum Gasteiger partial charge on any atom is -0.478 e. The second-order valence-corrected chi connectivity index (χ2v) is 5.40. The van der Waals surface area contributed by atoms with Crippen molar-refractivity contribution in [3.63, 3.8) is 0 Å². The van der Waals surface area contributed by atoms with Gasteiger partial charge in [0.2, 0.25) is 0 Å². The molecule has 3 aromatic rings. The van der Waals surface area contributed by atoms with Crippen molar-refractivity contribution < 1.29 is 24.2 Å². The van der Waals surface area contributed by atoms with Gasteiger partial charge in [0.25, 0.3) is 0 Å². The summed E-state index contributed by atoms with van der Waals surface area (Å²) in [7, 11) is 0. The van der Waals surface area contributed by atoms with Gasteiger partial charge in [-0.25, -0.2) is 14.6 Å².